The molecule has 3 aromatic rings. The van der Waals surface area contributed by atoms with Crippen LogP contribution in [0.4, 0.5) is 4.39 Å². The van der Waals surface area contributed by atoms with Crippen LogP contribution in [-0.2, 0) is 0 Å². The van der Waals surface area contributed by atoms with Crippen LogP contribution in [0, 0.1) is 5.82 Å². The van der Waals surface area contributed by atoms with Crippen molar-refractivity contribution < 1.29 is 8.91 Å². The number of benzene rings is 1. The molecule has 0 amide bonds. The third-order valence-electron chi connectivity index (χ3n) is 2.52. The second kappa shape index (κ2) is 4.57. The van der Waals surface area contributed by atoms with Crippen LogP contribution in [0.25, 0.3) is 23.0 Å². The van der Waals surface area contributed by atoms with Crippen LogP contribution < -0.4 is 11.2 Å². The lowest BCUT2D eigenvalue weighted by Crippen LogP contribution is -2.21. The van der Waals surface area contributed by atoms with Crippen LogP contribution in [0.2, 0.25) is 0 Å². The van der Waals surface area contributed by atoms with Gasteiger partial charge in [0.25, 0.3) is 11.4 Å². The Labute approximate surface area is 110 Å². The molecular formula is C12H7FN4O3. The lowest BCUT2D eigenvalue weighted by Gasteiger charge is -1.93. The first-order valence-electron chi connectivity index (χ1n) is 5.55. The van der Waals surface area contributed by atoms with Gasteiger partial charge in [-0.2, -0.15) is 4.98 Å². The van der Waals surface area contributed by atoms with Gasteiger partial charge in [0.1, 0.15) is 11.5 Å². The van der Waals surface area contributed by atoms with Crippen LogP contribution in [0.1, 0.15) is 0 Å². The lowest BCUT2D eigenvalue weighted by atomic mass is 10.2. The molecule has 2 heterocycles. The van der Waals surface area contributed by atoms with Gasteiger partial charge in [0.05, 0.1) is 0 Å². The molecule has 2 aromatic heterocycles. The summed E-state index contributed by atoms with van der Waals surface area (Å²) >= 11 is 0. The maximum atomic E-state index is 12.8. The highest BCUT2D eigenvalue weighted by atomic mass is 19.1. The molecule has 0 saturated heterocycles. The molecule has 0 unspecified atom stereocenters. The monoisotopic (exact) mass is 274 g/mol. The molecule has 1 aromatic carbocycles. The van der Waals surface area contributed by atoms with Gasteiger partial charge in [-0.25, -0.2) is 9.18 Å². The minimum Gasteiger partial charge on any atom is -0.332 e. The SMILES string of the molecule is O=c1cc(-c2nc(-c3ccc(F)cc3)no2)[nH]c(=O)[nH]1. The maximum Gasteiger partial charge on any atom is 0.326 e. The van der Waals surface area contributed by atoms with Gasteiger partial charge < -0.3 is 9.51 Å². The highest BCUT2D eigenvalue weighted by Gasteiger charge is 2.12. The maximum absolute atomic E-state index is 12.8. The zero-order chi connectivity index (χ0) is 14.1. The summed E-state index contributed by atoms with van der Waals surface area (Å²) in [6, 6.07) is 6.64. The van der Waals surface area contributed by atoms with E-state index in [0.29, 0.717) is 5.56 Å². The van der Waals surface area contributed by atoms with E-state index in [1.165, 1.54) is 24.3 Å². The van der Waals surface area contributed by atoms with Gasteiger partial charge in [0, 0.05) is 11.6 Å². The fourth-order valence-corrected chi connectivity index (χ4v) is 1.63. The molecule has 3 rings (SSSR count). The summed E-state index contributed by atoms with van der Waals surface area (Å²) in [5.41, 5.74) is -0.590. The molecule has 0 atom stereocenters. The summed E-state index contributed by atoms with van der Waals surface area (Å²) in [4.78, 5) is 30.8. The predicted octanol–water partition coefficient (Wildman–Crippen LogP) is 0.919. The van der Waals surface area contributed by atoms with Crippen molar-refractivity contribution in [2.75, 3.05) is 0 Å². The van der Waals surface area contributed by atoms with Crippen LogP contribution in [0.5, 0.6) is 0 Å². The topological polar surface area (TPSA) is 105 Å². The summed E-state index contributed by atoms with van der Waals surface area (Å²) < 4.78 is 17.8. The van der Waals surface area contributed by atoms with Crippen molar-refractivity contribution in [3.63, 3.8) is 0 Å². The standard InChI is InChI=1S/C12H7FN4O3/c13-7-3-1-6(2-4-7)10-16-11(20-17-10)8-5-9(18)15-12(19)14-8/h1-5H,(H2,14,15,18,19). The Bertz CT molecular complexity index is 835. The molecule has 0 aliphatic carbocycles. The first-order chi connectivity index (χ1) is 9.61. The van der Waals surface area contributed by atoms with Gasteiger partial charge in [-0.15, -0.1) is 0 Å². The zero-order valence-corrected chi connectivity index (χ0v) is 9.88. The van der Waals surface area contributed by atoms with Crippen molar-refractivity contribution in [3.8, 4) is 23.0 Å². The number of H-pyrrole nitrogens is 2. The first kappa shape index (κ1) is 12.0. The van der Waals surface area contributed by atoms with Crippen molar-refractivity contribution in [2.24, 2.45) is 0 Å². The Morgan fingerprint density at radius 3 is 2.55 bits per heavy atom. The minimum absolute atomic E-state index is 0.00692. The van der Waals surface area contributed by atoms with E-state index in [-0.39, 0.29) is 23.2 Å². The van der Waals surface area contributed by atoms with Crippen molar-refractivity contribution in [3.05, 3.63) is 57.0 Å². The van der Waals surface area contributed by atoms with E-state index in [1.807, 2.05) is 4.98 Å². The Balaban J connectivity index is 2.03. The largest absolute Gasteiger partial charge is 0.332 e. The van der Waals surface area contributed by atoms with Crippen LogP contribution >= 0.6 is 0 Å². The van der Waals surface area contributed by atoms with E-state index < -0.39 is 11.2 Å². The van der Waals surface area contributed by atoms with E-state index >= 15 is 0 Å². The van der Waals surface area contributed by atoms with Crippen LogP contribution in [0.15, 0.2) is 44.4 Å². The summed E-state index contributed by atoms with van der Waals surface area (Å²) in [5, 5.41) is 3.71. The van der Waals surface area contributed by atoms with Gasteiger partial charge in [-0.05, 0) is 24.3 Å². The molecule has 7 nitrogen and oxygen atoms in total. The summed E-state index contributed by atoms with van der Waals surface area (Å²) in [7, 11) is 0. The third-order valence-corrected chi connectivity index (χ3v) is 2.52. The van der Waals surface area contributed by atoms with Gasteiger partial charge in [-0.3, -0.25) is 9.78 Å². The molecule has 0 aliphatic rings. The normalized spacial score (nSPS) is 10.7. The van der Waals surface area contributed by atoms with Crippen LogP contribution in [-0.4, -0.2) is 20.1 Å². The second-order valence-corrected chi connectivity index (χ2v) is 3.93. The molecule has 8 heteroatoms. The van der Waals surface area contributed by atoms with Crippen LogP contribution in [0.3, 0.4) is 0 Å². The smallest absolute Gasteiger partial charge is 0.326 e. The fourth-order valence-electron chi connectivity index (χ4n) is 1.63. The fraction of sp³-hybridized carbons (Fsp3) is 0. The Morgan fingerprint density at radius 2 is 1.85 bits per heavy atom. The Kier molecular flexibility index (Phi) is 2.75. The second-order valence-electron chi connectivity index (χ2n) is 3.93. The molecule has 0 radical (unpaired) electrons. The van der Waals surface area contributed by atoms with Crippen molar-refractivity contribution in [2.45, 2.75) is 0 Å². The molecule has 2 N–H and O–H groups in total. The molecule has 0 aliphatic heterocycles. The minimum atomic E-state index is -0.672. The lowest BCUT2D eigenvalue weighted by molar-refractivity contribution is 0.430. The average Bonchev–Trinajstić information content (AvgIpc) is 2.88. The number of aromatic nitrogens is 4. The number of halogens is 1. The van der Waals surface area contributed by atoms with Crippen molar-refractivity contribution in [1.29, 1.82) is 0 Å². The quantitative estimate of drug-likeness (QED) is 0.723. The third kappa shape index (κ3) is 2.26. The summed E-state index contributed by atoms with van der Waals surface area (Å²) in [6.07, 6.45) is 0. The van der Waals surface area contributed by atoms with Gasteiger partial charge in [0.15, 0.2) is 0 Å². The van der Waals surface area contributed by atoms with Crippen molar-refractivity contribution >= 4 is 0 Å². The zero-order valence-electron chi connectivity index (χ0n) is 9.88. The number of rotatable bonds is 2. The Hall–Kier alpha value is -3.03. The highest BCUT2D eigenvalue weighted by molar-refractivity contribution is 5.57. The summed E-state index contributed by atoms with van der Waals surface area (Å²) in [5.74, 6) is -0.162. The Morgan fingerprint density at radius 1 is 1.10 bits per heavy atom. The molecular weight excluding hydrogens is 267 g/mol. The number of hydrogen-bond donors (Lipinski definition) is 2. The number of hydrogen-bond acceptors (Lipinski definition) is 5. The number of aromatic amines is 2. The average molecular weight is 274 g/mol. The number of nitrogens with one attached hydrogen (secondary N) is 2. The number of nitrogens with zero attached hydrogens (tertiary/aromatic N) is 2. The van der Waals surface area contributed by atoms with E-state index in [9.17, 15) is 14.0 Å². The van der Waals surface area contributed by atoms with E-state index in [1.54, 1.807) is 0 Å². The van der Waals surface area contributed by atoms with Crippen molar-refractivity contribution in [1.82, 2.24) is 20.1 Å². The van der Waals surface area contributed by atoms with E-state index in [0.717, 1.165) is 6.07 Å². The van der Waals surface area contributed by atoms with E-state index in [4.69, 9.17) is 4.52 Å². The van der Waals surface area contributed by atoms with Gasteiger partial charge in [-0.1, -0.05) is 5.16 Å². The molecule has 100 valence electrons. The van der Waals surface area contributed by atoms with Gasteiger partial charge in [0.2, 0.25) is 5.82 Å². The predicted molar refractivity (Wildman–Crippen MR) is 66.4 cm³/mol. The molecule has 0 fully saturated rings. The van der Waals surface area contributed by atoms with E-state index in [2.05, 4.69) is 15.1 Å². The first-order valence-corrected chi connectivity index (χ1v) is 5.55. The highest BCUT2D eigenvalue weighted by Crippen LogP contribution is 2.19. The molecule has 0 spiro atoms. The molecule has 0 bridgehead atoms. The van der Waals surface area contributed by atoms with Gasteiger partial charge >= 0.3 is 5.69 Å². The molecule has 20 heavy (non-hydrogen) atoms. The molecule has 0 saturated carbocycles. The summed E-state index contributed by atoms with van der Waals surface area (Å²) in [6.45, 7) is 0.